The Hall–Kier alpha value is -1.55. The van der Waals surface area contributed by atoms with Crippen molar-refractivity contribution in [3.8, 4) is 5.75 Å². The minimum Gasteiger partial charge on any atom is -0.481 e. The van der Waals surface area contributed by atoms with Gasteiger partial charge in [0, 0.05) is 11.0 Å². The third kappa shape index (κ3) is 1.89. The lowest BCUT2D eigenvalue weighted by Gasteiger charge is -2.20. The maximum Gasteiger partial charge on any atom is 0.304 e. The van der Waals surface area contributed by atoms with Crippen molar-refractivity contribution in [1.82, 2.24) is 0 Å². The van der Waals surface area contributed by atoms with Crippen molar-refractivity contribution in [1.29, 1.82) is 0 Å². The molecule has 17 heavy (non-hydrogen) atoms. The predicted molar refractivity (Wildman–Crippen MR) is 59.9 cm³/mol. The van der Waals surface area contributed by atoms with Crippen LogP contribution in [-0.4, -0.2) is 17.9 Å². The highest BCUT2D eigenvalue weighted by molar-refractivity contribution is 5.70. The molecule has 1 aliphatic heterocycles. The van der Waals surface area contributed by atoms with Gasteiger partial charge in [0.15, 0.2) is 6.79 Å². The number of carbonyl (C=O) groups is 1. The zero-order valence-electron chi connectivity index (χ0n) is 9.44. The number of carboxylic acids is 1. The molecular weight excluding hydrogens is 220 g/mol. The van der Waals surface area contributed by atoms with Crippen LogP contribution >= 0.6 is 0 Å². The Morgan fingerprint density at radius 1 is 1.41 bits per heavy atom. The summed E-state index contributed by atoms with van der Waals surface area (Å²) in [5.41, 5.74) is 1.98. The first kappa shape index (κ1) is 10.6. The van der Waals surface area contributed by atoms with E-state index in [1.807, 2.05) is 18.2 Å². The summed E-state index contributed by atoms with van der Waals surface area (Å²) in [5, 5.41) is 8.94. The second-order valence-corrected chi connectivity index (χ2v) is 4.78. The van der Waals surface area contributed by atoms with Gasteiger partial charge in [-0.3, -0.25) is 4.79 Å². The van der Waals surface area contributed by atoms with E-state index in [0.717, 1.165) is 29.7 Å². The van der Waals surface area contributed by atoms with Crippen molar-refractivity contribution in [2.45, 2.75) is 31.3 Å². The van der Waals surface area contributed by atoms with Crippen LogP contribution < -0.4 is 4.74 Å². The van der Waals surface area contributed by atoms with Gasteiger partial charge >= 0.3 is 5.97 Å². The SMILES string of the molecule is O=C(O)CC1(c2ccc3c(c2)COCO3)CC1. The van der Waals surface area contributed by atoms with E-state index >= 15 is 0 Å². The molecule has 1 saturated carbocycles. The van der Waals surface area contributed by atoms with Crippen molar-refractivity contribution in [2.24, 2.45) is 0 Å². The molecular formula is C13H14O4. The molecule has 0 aromatic heterocycles. The zero-order chi connectivity index (χ0) is 11.9. The van der Waals surface area contributed by atoms with E-state index in [9.17, 15) is 4.79 Å². The molecule has 0 unspecified atom stereocenters. The van der Waals surface area contributed by atoms with Crippen LogP contribution in [0.25, 0.3) is 0 Å². The lowest BCUT2D eigenvalue weighted by atomic mass is 9.91. The summed E-state index contributed by atoms with van der Waals surface area (Å²) in [4.78, 5) is 10.9. The van der Waals surface area contributed by atoms with Crippen molar-refractivity contribution in [3.05, 3.63) is 29.3 Å². The number of hydrogen-bond acceptors (Lipinski definition) is 3. The fourth-order valence-electron chi connectivity index (χ4n) is 2.43. The summed E-state index contributed by atoms with van der Waals surface area (Å²) in [6.07, 6.45) is 2.13. The minimum absolute atomic E-state index is 0.141. The Balaban J connectivity index is 1.91. The van der Waals surface area contributed by atoms with Crippen LogP contribution in [-0.2, 0) is 21.6 Å². The fourth-order valence-corrected chi connectivity index (χ4v) is 2.43. The Morgan fingerprint density at radius 2 is 2.24 bits per heavy atom. The summed E-state index contributed by atoms with van der Waals surface area (Å²) >= 11 is 0. The van der Waals surface area contributed by atoms with E-state index in [2.05, 4.69) is 0 Å². The number of benzene rings is 1. The first-order valence-electron chi connectivity index (χ1n) is 5.75. The van der Waals surface area contributed by atoms with Crippen LogP contribution in [0.15, 0.2) is 18.2 Å². The Labute approximate surface area is 99.2 Å². The molecule has 1 aliphatic carbocycles. The third-order valence-electron chi connectivity index (χ3n) is 3.57. The van der Waals surface area contributed by atoms with Gasteiger partial charge in [0.25, 0.3) is 0 Å². The first-order valence-corrected chi connectivity index (χ1v) is 5.75. The second kappa shape index (κ2) is 3.74. The average Bonchev–Trinajstić information content (AvgIpc) is 3.08. The van der Waals surface area contributed by atoms with Crippen molar-refractivity contribution in [3.63, 3.8) is 0 Å². The molecule has 2 aliphatic rings. The maximum absolute atomic E-state index is 10.9. The smallest absolute Gasteiger partial charge is 0.304 e. The van der Waals surface area contributed by atoms with Crippen LogP contribution in [0.1, 0.15) is 30.4 Å². The molecule has 0 bridgehead atoms. The van der Waals surface area contributed by atoms with Gasteiger partial charge in [-0.2, -0.15) is 0 Å². The van der Waals surface area contributed by atoms with Gasteiger partial charge in [-0.25, -0.2) is 0 Å². The molecule has 1 aromatic rings. The van der Waals surface area contributed by atoms with Crippen LogP contribution in [0.2, 0.25) is 0 Å². The molecule has 0 spiro atoms. The quantitative estimate of drug-likeness (QED) is 0.869. The van der Waals surface area contributed by atoms with Crippen LogP contribution in [0, 0.1) is 0 Å². The fraction of sp³-hybridized carbons (Fsp3) is 0.462. The van der Waals surface area contributed by atoms with Crippen molar-refractivity contribution >= 4 is 5.97 Å². The van der Waals surface area contributed by atoms with Gasteiger partial charge in [-0.1, -0.05) is 6.07 Å². The summed E-state index contributed by atoms with van der Waals surface area (Å²) < 4.78 is 10.6. The summed E-state index contributed by atoms with van der Waals surface area (Å²) in [7, 11) is 0. The summed E-state index contributed by atoms with van der Waals surface area (Å²) in [6.45, 7) is 0.846. The predicted octanol–water partition coefficient (Wildman–Crippen LogP) is 2.06. The van der Waals surface area contributed by atoms with Crippen LogP contribution in [0.3, 0.4) is 0 Å². The molecule has 0 amide bonds. The molecule has 3 rings (SSSR count). The van der Waals surface area contributed by atoms with E-state index in [-0.39, 0.29) is 11.8 Å². The van der Waals surface area contributed by atoms with Gasteiger partial charge in [-0.05, 0) is 30.5 Å². The third-order valence-corrected chi connectivity index (χ3v) is 3.57. The molecule has 1 N–H and O–H groups in total. The molecule has 1 heterocycles. The normalized spacial score (nSPS) is 20.2. The van der Waals surface area contributed by atoms with Gasteiger partial charge in [0.2, 0.25) is 0 Å². The molecule has 0 atom stereocenters. The molecule has 1 fully saturated rings. The molecule has 90 valence electrons. The number of aliphatic carboxylic acids is 1. The Kier molecular flexibility index (Phi) is 2.33. The van der Waals surface area contributed by atoms with E-state index < -0.39 is 5.97 Å². The van der Waals surface area contributed by atoms with Crippen LogP contribution in [0.5, 0.6) is 5.75 Å². The van der Waals surface area contributed by atoms with Gasteiger partial charge < -0.3 is 14.6 Å². The topological polar surface area (TPSA) is 55.8 Å². The average molecular weight is 234 g/mol. The highest BCUT2D eigenvalue weighted by atomic mass is 16.7. The van der Waals surface area contributed by atoms with E-state index in [1.165, 1.54) is 0 Å². The Morgan fingerprint density at radius 3 is 2.94 bits per heavy atom. The zero-order valence-corrected chi connectivity index (χ0v) is 9.44. The molecule has 4 nitrogen and oxygen atoms in total. The minimum atomic E-state index is -0.729. The van der Waals surface area contributed by atoms with Crippen molar-refractivity contribution in [2.75, 3.05) is 6.79 Å². The Bertz CT molecular complexity index is 462. The molecule has 1 aromatic carbocycles. The number of ether oxygens (including phenoxy) is 2. The summed E-state index contributed by atoms with van der Waals surface area (Å²) in [6, 6.07) is 5.94. The first-order chi connectivity index (χ1) is 8.20. The largest absolute Gasteiger partial charge is 0.481 e. The highest BCUT2D eigenvalue weighted by Gasteiger charge is 2.46. The van der Waals surface area contributed by atoms with E-state index in [1.54, 1.807) is 0 Å². The number of rotatable bonds is 3. The second-order valence-electron chi connectivity index (χ2n) is 4.78. The molecule has 0 radical (unpaired) electrons. The van der Waals surface area contributed by atoms with E-state index in [4.69, 9.17) is 14.6 Å². The summed E-state index contributed by atoms with van der Waals surface area (Å²) in [5.74, 6) is 0.124. The van der Waals surface area contributed by atoms with Gasteiger partial charge in [-0.15, -0.1) is 0 Å². The molecule has 0 saturated heterocycles. The standard InChI is InChI=1S/C13H14O4/c14-12(15)6-13(3-4-13)10-1-2-11-9(5-10)7-16-8-17-11/h1-2,5H,3-4,6-8H2,(H,14,15). The monoisotopic (exact) mass is 234 g/mol. The number of carboxylic acid groups (broad SMARTS) is 1. The van der Waals surface area contributed by atoms with Crippen LogP contribution in [0.4, 0.5) is 0 Å². The molecule has 4 heteroatoms. The van der Waals surface area contributed by atoms with E-state index in [0.29, 0.717) is 13.4 Å². The number of fused-ring (bicyclic) bond motifs is 1. The number of hydrogen-bond donors (Lipinski definition) is 1. The lowest BCUT2D eigenvalue weighted by Crippen LogP contribution is -2.15. The van der Waals surface area contributed by atoms with Crippen molar-refractivity contribution < 1.29 is 19.4 Å². The maximum atomic E-state index is 10.9. The highest BCUT2D eigenvalue weighted by Crippen LogP contribution is 2.51. The van der Waals surface area contributed by atoms with Gasteiger partial charge in [0.1, 0.15) is 5.75 Å². The lowest BCUT2D eigenvalue weighted by molar-refractivity contribution is -0.137. The van der Waals surface area contributed by atoms with Gasteiger partial charge in [0.05, 0.1) is 13.0 Å².